The smallest absolute Gasteiger partial charge is 0.408 e. The minimum Gasteiger partial charge on any atom is -0.481 e. The molecule has 0 saturated heterocycles. The molecule has 7 heteroatoms. The lowest BCUT2D eigenvalue weighted by molar-refractivity contribution is -0.141. The Labute approximate surface area is 206 Å². The zero-order valence-electron chi connectivity index (χ0n) is 20.2. The van der Waals surface area contributed by atoms with E-state index in [1.807, 2.05) is 24.3 Å². The van der Waals surface area contributed by atoms with Gasteiger partial charge in [-0.2, -0.15) is 0 Å². The van der Waals surface area contributed by atoms with Gasteiger partial charge in [0.05, 0.1) is 5.92 Å². The van der Waals surface area contributed by atoms with Crippen LogP contribution in [0.15, 0.2) is 48.5 Å². The van der Waals surface area contributed by atoms with Crippen LogP contribution in [-0.2, 0) is 14.3 Å². The molecular weight excluding hydrogens is 444 g/mol. The highest BCUT2D eigenvalue weighted by atomic mass is 16.5. The number of carboxylic acid groups (broad SMARTS) is 1. The maximum atomic E-state index is 13.1. The fraction of sp³-hybridized carbons (Fsp3) is 0.464. The number of carboxylic acids is 1. The van der Waals surface area contributed by atoms with Crippen molar-refractivity contribution < 1.29 is 24.2 Å². The van der Waals surface area contributed by atoms with Crippen LogP contribution in [0, 0.1) is 5.92 Å². The van der Waals surface area contributed by atoms with Gasteiger partial charge >= 0.3 is 12.1 Å². The average molecular weight is 479 g/mol. The highest BCUT2D eigenvalue weighted by Gasteiger charge is 2.41. The second-order valence-electron chi connectivity index (χ2n) is 9.73. The summed E-state index contributed by atoms with van der Waals surface area (Å²) in [4.78, 5) is 37.0. The molecule has 0 heterocycles. The molecule has 0 radical (unpaired) electrons. The number of alkyl carbamates (subject to hydrolysis) is 1. The molecule has 35 heavy (non-hydrogen) atoms. The number of carbonyl (C=O) groups is 3. The van der Waals surface area contributed by atoms with Gasteiger partial charge in [-0.1, -0.05) is 74.7 Å². The highest BCUT2D eigenvalue weighted by molar-refractivity contribution is 5.90. The third-order valence-corrected chi connectivity index (χ3v) is 7.35. The summed E-state index contributed by atoms with van der Waals surface area (Å²) < 4.78 is 5.71. The number of hydrogen-bond acceptors (Lipinski definition) is 4. The van der Waals surface area contributed by atoms with Gasteiger partial charge < -0.3 is 20.5 Å². The minimum absolute atomic E-state index is 0.0412. The van der Waals surface area contributed by atoms with Crippen molar-refractivity contribution in [3.63, 3.8) is 0 Å². The minimum atomic E-state index is -0.987. The fourth-order valence-electron chi connectivity index (χ4n) is 5.30. The number of hydrogen-bond donors (Lipinski definition) is 3. The molecule has 1 atom stereocenters. The van der Waals surface area contributed by atoms with Crippen LogP contribution in [0.2, 0.25) is 0 Å². The van der Waals surface area contributed by atoms with Crippen LogP contribution in [-0.4, -0.2) is 41.8 Å². The SMILES string of the molecule is CC(CCCNC(=O)C1(NC(=O)OCC2c3ccccc3-c3ccccc32)CCCCC1)C(=O)O. The number of ether oxygens (including phenoxy) is 1. The topological polar surface area (TPSA) is 105 Å². The maximum absolute atomic E-state index is 13.1. The monoisotopic (exact) mass is 478 g/mol. The lowest BCUT2D eigenvalue weighted by Crippen LogP contribution is -2.60. The van der Waals surface area contributed by atoms with Gasteiger partial charge in [0.25, 0.3) is 0 Å². The predicted molar refractivity (Wildman–Crippen MR) is 133 cm³/mol. The molecule has 4 rings (SSSR count). The third-order valence-electron chi connectivity index (χ3n) is 7.35. The number of amides is 2. The van der Waals surface area contributed by atoms with Crippen molar-refractivity contribution >= 4 is 18.0 Å². The number of aliphatic carboxylic acids is 1. The molecule has 2 aliphatic carbocycles. The molecule has 7 nitrogen and oxygen atoms in total. The van der Waals surface area contributed by atoms with Gasteiger partial charge in [0.2, 0.25) is 5.91 Å². The van der Waals surface area contributed by atoms with Gasteiger partial charge in [-0.3, -0.25) is 9.59 Å². The van der Waals surface area contributed by atoms with Crippen LogP contribution in [0.5, 0.6) is 0 Å². The zero-order chi connectivity index (χ0) is 24.8. The molecular formula is C28H34N2O5. The Morgan fingerprint density at radius 2 is 1.60 bits per heavy atom. The second kappa shape index (κ2) is 10.9. The van der Waals surface area contributed by atoms with Crippen molar-refractivity contribution in [1.29, 1.82) is 0 Å². The van der Waals surface area contributed by atoms with Crippen molar-refractivity contribution in [1.82, 2.24) is 10.6 Å². The Balaban J connectivity index is 1.37. The van der Waals surface area contributed by atoms with Crippen molar-refractivity contribution in [2.75, 3.05) is 13.2 Å². The average Bonchev–Trinajstić information content (AvgIpc) is 3.19. The Morgan fingerprint density at radius 3 is 2.20 bits per heavy atom. The summed E-state index contributed by atoms with van der Waals surface area (Å²) in [6, 6.07) is 16.3. The van der Waals surface area contributed by atoms with Gasteiger partial charge in [0.1, 0.15) is 12.1 Å². The molecule has 186 valence electrons. The summed E-state index contributed by atoms with van der Waals surface area (Å²) in [7, 11) is 0. The van der Waals surface area contributed by atoms with Crippen LogP contribution in [0.1, 0.15) is 68.9 Å². The van der Waals surface area contributed by atoms with Crippen molar-refractivity contribution in [2.45, 2.75) is 63.3 Å². The van der Waals surface area contributed by atoms with E-state index < -0.39 is 23.5 Å². The molecule has 0 bridgehead atoms. The molecule has 0 aromatic heterocycles. The lowest BCUT2D eigenvalue weighted by Gasteiger charge is -2.36. The molecule has 0 aliphatic heterocycles. The molecule has 1 fully saturated rings. The standard InChI is InChI=1S/C28H34N2O5/c1-19(25(31)32)10-9-17-29-26(33)28(15-7-2-8-16-28)30-27(34)35-18-24-22-13-5-3-11-20(22)21-12-4-6-14-23(21)24/h3-6,11-14,19,24H,2,7-10,15-18H2,1H3,(H,29,33)(H,30,34)(H,31,32). The van der Waals surface area contributed by atoms with E-state index in [0.717, 1.165) is 41.5 Å². The largest absolute Gasteiger partial charge is 0.481 e. The van der Waals surface area contributed by atoms with Gasteiger partial charge in [0.15, 0.2) is 0 Å². The lowest BCUT2D eigenvalue weighted by atomic mass is 9.81. The maximum Gasteiger partial charge on any atom is 0.408 e. The number of carbonyl (C=O) groups excluding carboxylic acids is 2. The van der Waals surface area contributed by atoms with E-state index in [4.69, 9.17) is 9.84 Å². The highest BCUT2D eigenvalue weighted by Crippen LogP contribution is 2.44. The first-order valence-corrected chi connectivity index (χ1v) is 12.6. The first-order chi connectivity index (χ1) is 16.9. The Morgan fingerprint density at radius 1 is 1.00 bits per heavy atom. The Hall–Kier alpha value is -3.35. The normalized spacial score (nSPS) is 17.1. The molecule has 2 amide bonds. The van der Waals surface area contributed by atoms with E-state index >= 15 is 0 Å². The fourth-order valence-corrected chi connectivity index (χ4v) is 5.30. The Kier molecular flexibility index (Phi) is 7.73. The summed E-state index contributed by atoms with van der Waals surface area (Å²) in [5.41, 5.74) is 3.62. The number of rotatable bonds is 9. The molecule has 0 spiro atoms. The molecule has 1 saturated carbocycles. The van der Waals surface area contributed by atoms with E-state index in [2.05, 4.69) is 34.9 Å². The summed E-state index contributed by atoms with van der Waals surface area (Å²) >= 11 is 0. The van der Waals surface area contributed by atoms with E-state index in [9.17, 15) is 14.4 Å². The molecule has 3 N–H and O–H groups in total. The van der Waals surface area contributed by atoms with E-state index in [1.54, 1.807) is 6.92 Å². The first-order valence-electron chi connectivity index (χ1n) is 12.6. The first kappa shape index (κ1) is 24.8. The summed E-state index contributed by atoms with van der Waals surface area (Å²) in [6.07, 6.45) is 4.34. The van der Waals surface area contributed by atoms with Gasteiger partial charge in [0, 0.05) is 12.5 Å². The van der Waals surface area contributed by atoms with E-state index in [0.29, 0.717) is 32.2 Å². The number of fused-ring (bicyclic) bond motifs is 3. The predicted octanol–water partition coefficient (Wildman–Crippen LogP) is 4.85. The summed E-state index contributed by atoms with van der Waals surface area (Å²) in [5.74, 6) is -1.54. The second-order valence-corrected chi connectivity index (χ2v) is 9.73. The molecule has 1 unspecified atom stereocenters. The van der Waals surface area contributed by atoms with Crippen LogP contribution >= 0.6 is 0 Å². The molecule has 2 aromatic rings. The van der Waals surface area contributed by atoms with Crippen molar-refractivity contribution in [3.05, 3.63) is 59.7 Å². The summed E-state index contributed by atoms with van der Waals surface area (Å²) in [5, 5.41) is 14.8. The Bertz CT molecular complexity index is 1030. The zero-order valence-corrected chi connectivity index (χ0v) is 20.2. The summed E-state index contributed by atoms with van der Waals surface area (Å²) in [6.45, 7) is 2.24. The van der Waals surface area contributed by atoms with Crippen LogP contribution in [0.3, 0.4) is 0 Å². The van der Waals surface area contributed by atoms with Gasteiger partial charge in [-0.15, -0.1) is 0 Å². The van der Waals surface area contributed by atoms with Gasteiger partial charge in [-0.05, 0) is 47.9 Å². The number of nitrogens with one attached hydrogen (secondary N) is 2. The van der Waals surface area contributed by atoms with Crippen molar-refractivity contribution in [3.8, 4) is 11.1 Å². The van der Waals surface area contributed by atoms with E-state index in [1.165, 1.54) is 0 Å². The van der Waals surface area contributed by atoms with Crippen LogP contribution in [0.25, 0.3) is 11.1 Å². The number of benzene rings is 2. The third kappa shape index (κ3) is 5.50. The quantitative estimate of drug-likeness (QED) is 0.447. The van der Waals surface area contributed by atoms with Crippen molar-refractivity contribution in [2.24, 2.45) is 5.92 Å². The molecule has 2 aliphatic rings. The van der Waals surface area contributed by atoms with Crippen LogP contribution in [0.4, 0.5) is 4.79 Å². The van der Waals surface area contributed by atoms with E-state index in [-0.39, 0.29) is 18.4 Å². The van der Waals surface area contributed by atoms with Crippen LogP contribution < -0.4 is 10.6 Å². The van der Waals surface area contributed by atoms with Gasteiger partial charge in [-0.25, -0.2) is 4.79 Å². The molecule has 2 aromatic carbocycles.